The molecule has 2 aromatic carbocycles. The van der Waals surface area contributed by atoms with Crippen LogP contribution in [0.2, 0.25) is 0 Å². The van der Waals surface area contributed by atoms with Crippen LogP contribution in [0.15, 0.2) is 54.6 Å². The largest absolute Gasteiger partial charge is 0.496 e. The monoisotopic (exact) mass is 381 g/mol. The molecule has 0 aromatic heterocycles. The van der Waals surface area contributed by atoms with Crippen LogP contribution < -0.4 is 9.47 Å². The molecule has 0 spiro atoms. The fourth-order valence-electron chi connectivity index (χ4n) is 3.29. The van der Waals surface area contributed by atoms with Crippen molar-refractivity contribution in [2.75, 3.05) is 20.8 Å². The van der Waals surface area contributed by atoms with Crippen molar-refractivity contribution in [3.63, 3.8) is 0 Å². The maximum absolute atomic E-state index is 13.4. The minimum Gasteiger partial charge on any atom is -0.496 e. The number of para-hydroxylation sites is 2. The van der Waals surface area contributed by atoms with Gasteiger partial charge in [-0.3, -0.25) is 4.79 Å². The van der Waals surface area contributed by atoms with Gasteiger partial charge in [0, 0.05) is 7.11 Å². The average Bonchev–Trinajstić information content (AvgIpc) is 2.75. The molecule has 0 N–H and O–H groups in total. The Hall–Kier alpha value is -2.84. The molecule has 2 rings (SSSR count). The molecule has 2 aromatic rings. The van der Waals surface area contributed by atoms with E-state index in [9.17, 15) is 10.1 Å². The van der Waals surface area contributed by atoms with Gasteiger partial charge in [0.25, 0.3) is 0 Å². The molecule has 5 heteroatoms. The quantitative estimate of drug-likeness (QED) is 0.535. The number of ketones is 1. The normalized spacial score (nSPS) is 13.8. The molecule has 0 bridgehead atoms. The third-order valence-electron chi connectivity index (χ3n) is 4.71. The summed E-state index contributed by atoms with van der Waals surface area (Å²) in [5.41, 5.74) is 0.460. The van der Waals surface area contributed by atoms with Gasteiger partial charge in [-0.15, -0.1) is 0 Å². The minimum atomic E-state index is -0.641. The SMILES string of the molecule is CCCC(C#N)C(OC)C(COc1ccccc1)C(=O)c1ccccc1OC. The molecule has 0 saturated carbocycles. The smallest absolute Gasteiger partial charge is 0.175 e. The van der Waals surface area contributed by atoms with Gasteiger partial charge in [-0.05, 0) is 30.7 Å². The van der Waals surface area contributed by atoms with Crippen LogP contribution in [0.25, 0.3) is 0 Å². The highest BCUT2D eigenvalue weighted by atomic mass is 16.5. The molecular formula is C23H27NO4. The molecule has 3 unspecified atom stereocenters. The average molecular weight is 381 g/mol. The molecule has 0 saturated heterocycles. The Morgan fingerprint density at radius 1 is 1.07 bits per heavy atom. The maximum atomic E-state index is 13.4. The zero-order valence-corrected chi connectivity index (χ0v) is 16.6. The van der Waals surface area contributed by atoms with E-state index in [2.05, 4.69) is 6.07 Å². The van der Waals surface area contributed by atoms with Crippen LogP contribution in [0.3, 0.4) is 0 Å². The number of nitrogens with zero attached hydrogens (tertiary/aromatic N) is 1. The molecule has 3 atom stereocenters. The van der Waals surface area contributed by atoms with E-state index in [0.29, 0.717) is 23.5 Å². The fraction of sp³-hybridized carbons (Fsp3) is 0.391. The molecule has 5 nitrogen and oxygen atoms in total. The van der Waals surface area contributed by atoms with Crippen LogP contribution in [-0.2, 0) is 4.74 Å². The van der Waals surface area contributed by atoms with Gasteiger partial charge in [-0.25, -0.2) is 0 Å². The first-order chi connectivity index (χ1) is 13.7. The van der Waals surface area contributed by atoms with Gasteiger partial charge >= 0.3 is 0 Å². The van der Waals surface area contributed by atoms with Crippen LogP contribution in [0.4, 0.5) is 0 Å². The summed E-state index contributed by atoms with van der Waals surface area (Å²) >= 11 is 0. The summed E-state index contributed by atoms with van der Waals surface area (Å²) in [5, 5.41) is 9.64. The Balaban J connectivity index is 2.36. The number of nitriles is 1. The molecule has 0 aliphatic rings. The number of methoxy groups -OCH3 is 2. The second-order valence-corrected chi connectivity index (χ2v) is 6.52. The van der Waals surface area contributed by atoms with Gasteiger partial charge in [-0.1, -0.05) is 43.7 Å². The first-order valence-electron chi connectivity index (χ1n) is 9.43. The number of carbonyl (C=O) groups is 1. The number of rotatable bonds is 11. The van der Waals surface area contributed by atoms with Crippen molar-refractivity contribution in [2.45, 2.75) is 25.9 Å². The zero-order valence-electron chi connectivity index (χ0n) is 16.6. The first-order valence-corrected chi connectivity index (χ1v) is 9.43. The van der Waals surface area contributed by atoms with Gasteiger partial charge in [0.1, 0.15) is 18.1 Å². The lowest BCUT2D eigenvalue weighted by Gasteiger charge is -2.28. The molecular weight excluding hydrogens is 354 g/mol. The molecule has 28 heavy (non-hydrogen) atoms. The number of ether oxygens (including phenoxy) is 3. The van der Waals surface area contributed by atoms with E-state index in [1.165, 1.54) is 14.2 Å². The predicted octanol–water partition coefficient (Wildman–Crippen LogP) is 4.53. The predicted molar refractivity (Wildman–Crippen MR) is 108 cm³/mol. The Kier molecular flexibility index (Phi) is 8.51. The summed E-state index contributed by atoms with van der Waals surface area (Å²) in [7, 11) is 3.07. The third-order valence-corrected chi connectivity index (χ3v) is 4.71. The molecule has 0 amide bonds. The highest BCUT2D eigenvalue weighted by Gasteiger charge is 2.36. The first kappa shape index (κ1) is 21.5. The van der Waals surface area contributed by atoms with Crippen molar-refractivity contribution in [2.24, 2.45) is 11.8 Å². The molecule has 0 radical (unpaired) electrons. The van der Waals surface area contributed by atoms with Crippen molar-refractivity contribution in [1.29, 1.82) is 5.26 Å². The topological polar surface area (TPSA) is 68.5 Å². The zero-order chi connectivity index (χ0) is 20.4. The van der Waals surface area contributed by atoms with Crippen molar-refractivity contribution >= 4 is 5.78 Å². The van der Waals surface area contributed by atoms with Crippen LogP contribution in [0, 0.1) is 23.2 Å². The Morgan fingerprint density at radius 3 is 2.36 bits per heavy atom. The number of Topliss-reactive ketones (excluding diaryl/α,β-unsaturated/α-hetero) is 1. The van der Waals surface area contributed by atoms with Gasteiger partial charge in [0.15, 0.2) is 5.78 Å². The standard InChI is InChI=1S/C23H27NO4/c1-4-10-17(15-24)23(27-3)20(16-28-18-11-6-5-7-12-18)22(25)19-13-8-9-14-21(19)26-2/h5-9,11-14,17,20,23H,4,10,16H2,1-3H3. The molecule has 148 valence electrons. The van der Waals surface area contributed by atoms with E-state index in [-0.39, 0.29) is 12.4 Å². The second-order valence-electron chi connectivity index (χ2n) is 6.52. The lowest BCUT2D eigenvalue weighted by molar-refractivity contribution is 0.00728. The summed E-state index contributed by atoms with van der Waals surface area (Å²) < 4.78 is 16.9. The van der Waals surface area contributed by atoms with Crippen LogP contribution in [0.5, 0.6) is 11.5 Å². The molecule has 0 heterocycles. The summed E-state index contributed by atoms with van der Waals surface area (Å²) in [6, 6.07) is 18.7. The lowest BCUT2D eigenvalue weighted by atomic mass is 9.84. The van der Waals surface area contributed by atoms with Crippen LogP contribution >= 0.6 is 0 Å². The van der Waals surface area contributed by atoms with Gasteiger partial charge in [0.05, 0.1) is 36.7 Å². The van der Waals surface area contributed by atoms with Crippen LogP contribution in [0.1, 0.15) is 30.1 Å². The second kappa shape index (κ2) is 11.1. The molecule has 0 fully saturated rings. The van der Waals surface area contributed by atoms with Crippen molar-refractivity contribution in [1.82, 2.24) is 0 Å². The Morgan fingerprint density at radius 2 is 1.75 bits per heavy atom. The summed E-state index contributed by atoms with van der Waals surface area (Å²) in [6.45, 7) is 2.12. The van der Waals surface area contributed by atoms with Gasteiger partial charge in [-0.2, -0.15) is 5.26 Å². The summed E-state index contributed by atoms with van der Waals surface area (Å²) in [6.07, 6.45) is 0.898. The maximum Gasteiger partial charge on any atom is 0.175 e. The molecule has 0 aliphatic heterocycles. The summed E-state index contributed by atoms with van der Waals surface area (Å²) in [4.78, 5) is 13.4. The number of carbonyl (C=O) groups excluding carboxylic acids is 1. The van der Waals surface area contributed by atoms with Crippen molar-refractivity contribution in [3.8, 4) is 17.6 Å². The van der Waals surface area contributed by atoms with E-state index in [1.807, 2.05) is 43.3 Å². The van der Waals surface area contributed by atoms with Crippen molar-refractivity contribution in [3.05, 3.63) is 60.2 Å². The molecule has 0 aliphatic carbocycles. The highest BCUT2D eigenvalue weighted by Crippen LogP contribution is 2.28. The highest BCUT2D eigenvalue weighted by molar-refractivity contribution is 6.00. The third kappa shape index (κ3) is 5.34. The number of hydrogen-bond donors (Lipinski definition) is 0. The van der Waals surface area contributed by atoms with E-state index in [1.54, 1.807) is 18.2 Å². The lowest BCUT2D eigenvalue weighted by Crippen LogP contribution is -2.39. The van der Waals surface area contributed by atoms with E-state index in [4.69, 9.17) is 14.2 Å². The van der Waals surface area contributed by atoms with E-state index < -0.39 is 17.9 Å². The Labute approximate surface area is 166 Å². The van der Waals surface area contributed by atoms with Crippen molar-refractivity contribution < 1.29 is 19.0 Å². The Bertz CT molecular complexity index is 785. The van der Waals surface area contributed by atoms with Gasteiger partial charge < -0.3 is 14.2 Å². The summed E-state index contributed by atoms with van der Waals surface area (Å²) in [5.74, 6) is -0.0393. The fourth-order valence-corrected chi connectivity index (χ4v) is 3.29. The van der Waals surface area contributed by atoms with Crippen LogP contribution in [-0.4, -0.2) is 32.7 Å². The minimum absolute atomic E-state index is 0.112. The number of hydrogen-bond acceptors (Lipinski definition) is 5. The number of benzene rings is 2. The van der Waals surface area contributed by atoms with E-state index in [0.717, 1.165) is 6.42 Å². The van der Waals surface area contributed by atoms with E-state index >= 15 is 0 Å². The van der Waals surface area contributed by atoms with Gasteiger partial charge in [0.2, 0.25) is 0 Å².